The lowest BCUT2D eigenvalue weighted by Crippen LogP contribution is -3.00. The standard InChI is InChI=1S/C22H21N5O3S2.HI/c1-3-15-4-5-17-16(12-15)13-20(23-17)32(29,30)27-10-8-26(9-11-27)22(28)21-24-18-6-7-25(2)14-19(18)31-21;/h1,4-7,12-14,21,23H,8-11H2,2H3;1H. The van der Waals surface area contributed by atoms with Gasteiger partial charge in [0.25, 0.3) is 15.9 Å². The van der Waals surface area contributed by atoms with E-state index in [1.807, 2.05) is 30.1 Å². The smallest absolute Gasteiger partial charge is 0.258 e. The number of nitrogens with zero attached hydrogens (tertiary/aromatic N) is 3. The lowest BCUT2D eigenvalue weighted by Gasteiger charge is -2.34. The fourth-order valence-corrected chi connectivity index (χ4v) is 6.59. The molecule has 3 aromatic rings. The Balaban J connectivity index is 0.00000259. The second-order valence-corrected chi connectivity index (χ2v) is 10.9. The van der Waals surface area contributed by atoms with E-state index in [-0.39, 0.29) is 48.0 Å². The molecule has 1 atom stereocenters. The van der Waals surface area contributed by atoms with E-state index in [9.17, 15) is 13.2 Å². The maximum absolute atomic E-state index is 13.2. The number of H-pyrrole nitrogens is 1. The minimum Gasteiger partial charge on any atom is -1.00 e. The molecule has 2 aliphatic rings. The van der Waals surface area contributed by atoms with Gasteiger partial charge in [-0.2, -0.15) is 4.31 Å². The van der Waals surface area contributed by atoms with Crippen LogP contribution in [-0.2, 0) is 21.9 Å². The van der Waals surface area contributed by atoms with E-state index in [1.54, 1.807) is 29.2 Å². The Morgan fingerprint density at radius 1 is 1.21 bits per heavy atom. The minimum atomic E-state index is -3.70. The summed E-state index contributed by atoms with van der Waals surface area (Å²) < 4.78 is 29.7. The third kappa shape index (κ3) is 4.44. The normalized spacial score (nSPS) is 18.3. The SMILES string of the molecule is C#Cc1ccc2[nH]c(S(=O)(=O)N3CCN(C(=O)C4Nc5cc[n+](C)cc5S4)CC3)cc2c1.[I-]. The van der Waals surface area contributed by atoms with Gasteiger partial charge in [0, 0.05) is 48.7 Å². The second-order valence-electron chi connectivity index (χ2n) is 7.84. The summed E-state index contributed by atoms with van der Waals surface area (Å²) in [5.74, 6) is 2.53. The number of aromatic amines is 1. The van der Waals surface area contributed by atoms with Gasteiger partial charge >= 0.3 is 0 Å². The number of carbonyl (C=O) groups excluding carboxylic acids is 1. The van der Waals surface area contributed by atoms with Gasteiger partial charge in [0.05, 0.1) is 10.6 Å². The highest BCUT2D eigenvalue weighted by atomic mass is 127. The van der Waals surface area contributed by atoms with Crippen molar-refractivity contribution in [3.8, 4) is 12.3 Å². The number of terminal acetylenes is 1. The summed E-state index contributed by atoms with van der Waals surface area (Å²) in [6.45, 7) is 1.20. The summed E-state index contributed by atoms with van der Waals surface area (Å²) in [5.41, 5.74) is 2.36. The number of sulfonamides is 1. The van der Waals surface area contributed by atoms with Crippen LogP contribution in [0.4, 0.5) is 5.69 Å². The first-order chi connectivity index (χ1) is 15.3. The number of hydrogen-bond acceptors (Lipinski definition) is 5. The number of piperazine rings is 1. The number of fused-ring (bicyclic) bond motifs is 2. The van der Waals surface area contributed by atoms with Crippen molar-refractivity contribution in [1.82, 2.24) is 14.2 Å². The Hall–Kier alpha value is -2.27. The molecule has 0 aliphatic carbocycles. The van der Waals surface area contributed by atoms with E-state index in [0.29, 0.717) is 24.2 Å². The number of amides is 1. The van der Waals surface area contributed by atoms with E-state index in [4.69, 9.17) is 6.42 Å². The van der Waals surface area contributed by atoms with Crippen LogP contribution in [0.25, 0.3) is 10.9 Å². The molecular weight excluding hydrogens is 573 g/mol. The van der Waals surface area contributed by atoms with Gasteiger partial charge in [0.15, 0.2) is 17.8 Å². The number of carbonyl (C=O) groups is 1. The number of benzene rings is 1. The van der Waals surface area contributed by atoms with Crippen molar-refractivity contribution in [2.24, 2.45) is 7.05 Å². The van der Waals surface area contributed by atoms with Crippen molar-refractivity contribution in [2.75, 3.05) is 31.5 Å². The summed E-state index contributed by atoms with van der Waals surface area (Å²) >= 11 is 1.49. The number of pyridine rings is 1. The number of hydrogen-bond donors (Lipinski definition) is 2. The molecule has 5 rings (SSSR count). The van der Waals surface area contributed by atoms with E-state index in [1.165, 1.54) is 16.1 Å². The molecule has 33 heavy (non-hydrogen) atoms. The number of thioether (sulfide) groups is 1. The van der Waals surface area contributed by atoms with Crippen LogP contribution in [0.3, 0.4) is 0 Å². The van der Waals surface area contributed by atoms with Crippen molar-refractivity contribution in [2.45, 2.75) is 15.3 Å². The van der Waals surface area contributed by atoms with Gasteiger partial charge < -0.3 is 39.2 Å². The quantitative estimate of drug-likeness (QED) is 0.216. The van der Waals surface area contributed by atoms with Crippen molar-refractivity contribution in [1.29, 1.82) is 0 Å². The molecule has 1 fully saturated rings. The number of halogens is 1. The molecule has 1 saturated heterocycles. The average Bonchev–Trinajstić information content (AvgIpc) is 3.42. The predicted octanol–water partition coefficient (Wildman–Crippen LogP) is -1.65. The minimum absolute atomic E-state index is 0. The molecule has 0 spiro atoms. The Morgan fingerprint density at radius 2 is 1.97 bits per heavy atom. The van der Waals surface area contributed by atoms with Crippen LogP contribution in [0.5, 0.6) is 0 Å². The summed E-state index contributed by atoms with van der Waals surface area (Å²) in [6, 6.07) is 8.90. The lowest BCUT2D eigenvalue weighted by molar-refractivity contribution is -0.673. The van der Waals surface area contributed by atoms with E-state index < -0.39 is 15.4 Å². The largest absolute Gasteiger partial charge is 1.00 e. The van der Waals surface area contributed by atoms with Gasteiger partial charge in [-0.25, -0.2) is 13.0 Å². The van der Waals surface area contributed by atoms with Crippen molar-refractivity contribution in [3.05, 3.63) is 48.3 Å². The van der Waals surface area contributed by atoms with Gasteiger partial charge in [-0.15, -0.1) is 6.42 Å². The fraction of sp³-hybridized carbons (Fsp3) is 0.273. The van der Waals surface area contributed by atoms with E-state index in [0.717, 1.165) is 16.0 Å². The molecular formula is C22H22IN5O3S2. The number of aryl methyl sites for hydroxylation is 1. The monoisotopic (exact) mass is 595 g/mol. The molecule has 4 heterocycles. The van der Waals surface area contributed by atoms with Gasteiger partial charge in [0.2, 0.25) is 0 Å². The molecule has 8 nitrogen and oxygen atoms in total. The molecule has 0 radical (unpaired) electrons. The summed E-state index contributed by atoms with van der Waals surface area (Å²) in [7, 11) is -1.75. The Kier molecular flexibility index (Phi) is 6.63. The van der Waals surface area contributed by atoms with Crippen LogP contribution in [0.2, 0.25) is 0 Å². The van der Waals surface area contributed by atoms with Gasteiger partial charge in [-0.1, -0.05) is 17.7 Å². The predicted molar refractivity (Wildman–Crippen MR) is 122 cm³/mol. The van der Waals surface area contributed by atoms with Crippen LogP contribution in [0.1, 0.15) is 5.56 Å². The zero-order chi connectivity index (χ0) is 22.5. The number of anilines is 1. The topological polar surface area (TPSA) is 89.4 Å². The third-order valence-corrected chi connectivity index (χ3v) is 8.70. The first kappa shape index (κ1) is 23.9. The Bertz CT molecular complexity index is 1370. The Morgan fingerprint density at radius 3 is 2.70 bits per heavy atom. The van der Waals surface area contributed by atoms with E-state index in [2.05, 4.69) is 16.2 Å². The zero-order valence-electron chi connectivity index (χ0n) is 17.8. The zero-order valence-corrected chi connectivity index (χ0v) is 21.6. The van der Waals surface area contributed by atoms with Crippen molar-refractivity contribution < 1.29 is 41.8 Å². The van der Waals surface area contributed by atoms with Gasteiger partial charge in [-0.05, 0) is 24.3 Å². The third-order valence-electron chi connectivity index (χ3n) is 5.75. The maximum Gasteiger partial charge on any atom is 0.258 e. The van der Waals surface area contributed by atoms with Crippen molar-refractivity contribution in [3.63, 3.8) is 0 Å². The highest BCUT2D eigenvalue weighted by Gasteiger charge is 2.36. The Labute approximate surface area is 213 Å². The molecule has 172 valence electrons. The number of rotatable bonds is 3. The molecule has 2 aromatic heterocycles. The highest BCUT2D eigenvalue weighted by molar-refractivity contribution is 8.01. The molecule has 0 bridgehead atoms. The number of nitrogens with one attached hydrogen (secondary N) is 2. The maximum atomic E-state index is 13.2. The highest BCUT2D eigenvalue weighted by Crippen LogP contribution is 2.38. The van der Waals surface area contributed by atoms with Crippen molar-refractivity contribution >= 4 is 44.3 Å². The van der Waals surface area contributed by atoms with E-state index >= 15 is 0 Å². The molecule has 2 N–H and O–H groups in total. The molecule has 1 unspecified atom stereocenters. The lowest BCUT2D eigenvalue weighted by atomic mass is 10.2. The van der Waals surface area contributed by atoms with Crippen LogP contribution >= 0.6 is 11.8 Å². The van der Waals surface area contributed by atoms with Crippen LogP contribution < -0.4 is 33.9 Å². The fourth-order valence-electron chi connectivity index (χ4n) is 3.98. The van der Waals surface area contributed by atoms with Crippen LogP contribution in [0.15, 0.2) is 52.6 Å². The molecule has 1 amide bonds. The first-order valence-electron chi connectivity index (χ1n) is 10.2. The van der Waals surface area contributed by atoms with Gasteiger partial charge in [0.1, 0.15) is 12.1 Å². The van der Waals surface area contributed by atoms with Gasteiger partial charge in [-0.3, -0.25) is 4.79 Å². The number of aromatic nitrogens is 2. The summed E-state index contributed by atoms with van der Waals surface area (Å²) in [5, 5.41) is 3.76. The molecule has 2 aliphatic heterocycles. The van der Waals surface area contributed by atoms with Crippen LogP contribution in [0, 0.1) is 12.3 Å². The molecule has 0 saturated carbocycles. The molecule has 11 heteroatoms. The second kappa shape index (κ2) is 9.17. The average molecular weight is 595 g/mol. The van der Waals surface area contributed by atoms with Crippen LogP contribution in [-0.4, -0.2) is 60.1 Å². The first-order valence-corrected chi connectivity index (χ1v) is 12.5. The summed E-state index contributed by atoms with van der Waals surface area (Å²) in [4.78, 5) is 18.7. The molecule has 1 aromatic carbocycles. The summed E-state index contributed by atoms with van der Waals surface area (Å²) in [6.07, 6.45) is 9.35.